The fraction of sp³-hybridized carbons (Fsp3) is 0.375. The number of nitrogens with two attached hydrogens (primary N) is 1. The first kappa shape index (κ1) is 8.80. The van der Waals surface area contributed by atoms with E-state index in [0.717, 1.165) is 5.69 Å². The molecule has 12 heavy (non-hydrogen) atoms. The maximum Gasteiger partial charge on any atom is 0.255 e. The van der Waals surface area contributed by atoms with Crippen molar-refractivity contribution in [2.24, 2.45) is 5.73 Å². The first-order chi connectivity index (χ1) is 5.69. The molecule has 4 heteroatoms. The lowest BCUT2D eigenvalue weighted by atomic mass is 10.3. The van der Waals surface area contributed by atoms with Gasteiger partial charge in [-0.2, -0.15) is 0 Å². The van der Waals surface area contributed by atoms with Crippen LogP contribution in [0.5, 0.6) is 5.75 Å². The molecule has 0 saturated heterocycles. The molecular formula is C8H12N2O2. The number of hydrogen-bond acceptors (Lipinski definition) is 3. The average Bonchev–Trinajstić information content (AvgIpc) is 2.03. The standard InChI is InChI=1S/C8H12N2O2/c1-6-3-7(12-2)4-8(11)10(6)5-9/h3-4H,5,9H2,1-2H3. The highest BCUT2D eigenvalue weighted by Crippen LogP contribution is 2.07. The quantitative estimate of drug-likeness (QED) is 0.680. The van der Waals surface area contributed by atoms with Crippen molar-refractivity contribution >= 4 is 0 Å². The van der Waals surface area contributed by atoms with E-state index in [1.54, 1.807) is 6.07 Å². The van der Waals surface area contributed by atoms with Crippen LogP contribution in [0.25, 0.3) is 0 Å². The molecule has 0 bridgehead atoms. The van der Waals surface area contributed by atoms with Gasteiger partial charge < -0.3 is 10.5 Å². The van der Waals surface area contributed by atoms with E-state index in [4.69, 9.17) is 10.5 Å². The highest BCUT2D eigenvalue weighted by atomic mass is 16.5. The summed E-state index contributed by atoms with van der Waals surface area (Å²) in [7, 11) is 1.53. The Balaban J connectivity index is 3.28. The number of pyridine rings is 1. The van der Waals surface area contributed by atoms with Crippen LogP contribution >= 0.6 is 0 Å². The number of methoxy groups -OCH3 is 1. The average molecular weight is 168 g/mol. The second-order valence-electron chi connectivity index (χ2n) is 2.49. The maximum absolute atomic E-state index is 11.3. The van der Waals surface area contributed by atoms with Crippen molar-refractivity contribution in [2.45, 2.75) is 13.6 Å². The lowest BCUT2D eigenvalue weighted by Gasteiger charge is -2.07. The van der Waals surface area contributed by atoms with Crippen LogP contribution in [0.2, 0.25) is 0 Å². The lowest BCUT2D eigenvalue weighted by molar-refractivity contribution is 0.411. The van der Waals surface area contributed by atoms with Crippen molar-refractivity contribution in [1.82, 2.24) is 4.57 Å². The van der Waals surface area contributed by atoms with Gasteiger partial charge in [-0.05, 0) is 13.0 Å². The molecule has 0 aliphatic heterocycles. The van der Waals surface area contributed by atoms with Crippen LogP contribution in [-0.4, -0.2) is 11.7 Å². The molecule has 0 aliphatic carbocycles. The molecule has 1 rings (SSSR count). The van der Waals surface area contributed by atoms with E-state index in [9.17, 15) is 4.79 Å². The first-order valence-electron chi connectivity index (χ1n) is 3.64. The van der Waals surface area contributed by atoms with Crippen molar-refractivity contribution in [3.8, 4) is 5.75 Å². The molecule has 0 atom stereocenters. The molecule has 0 radical (unpaired) electrons. The zero-order valence-electron chi connectivity index (χ0n) is 7.20. The molecule has 4 nitrogen and oxygen atoms in total. The molecule has 66 valence electrons. The van der Waals surface area contributed by atoms with Gasteiger partial charge in [0.25, 0.3) is 5.56 Å². The third-order valence-electron chi connectivity index (χ3n) is 1.73. The number of aromatic nitrogens is 1. The maximum atomic E-state index is 11.3. The summed E-state index contributed by atoms with van der Waals surface area (Å²) < 4.78 is 6.40. The third-order valence-corrected chi connectivity index (χ3v) is 1.73. The Labute approximate surface area is 70.6 Å². The predicted molar refractivity (Wildman–Crippen MR) is 46.2 cm³/mol. The van der Waals surface area contributed by atoms with Gasteiger partial charge in [-0.3, -0.25) is 9.36 Å². The Bertz CT molecular complexity index is 330. The van der Waals surface area contributed by atoms with Crippen LogP contribution in [0.1, 0.15) is 5.69 Å². The highest BCUT2D eigenvalue weighted by molar-refractivity contribution is 5.22. The van der Waals surface area contributed by atoms with Gasteiger partial charge in [0.15, 0.2) is 0 Å². The molecule has 0 fully saturated rings. The third kappa shape index (κ3) is 1.48. The summed E-state index contributed by atoms with van der Waals surface area (Å²) in [4.78, 5) is 11.3. The van der Waals surface area contributed by atoms with E-state index >= 15 is 0 Å². The largest absolute Gasteiger partial charge is 0.496 e. The van der Waals surface area contributed by atoms with Gasteiger partial charge in [0.05, 0.1) is 13.8 Å². The van der Waals surface area contributed by atoms with E-state index in [1.165, 1.54) is 17.7 Å². The number of nitrogens with zero attached hydrogens (tertiary/aromatic N) is 1. The number of aryl methyl sites for hydroxylation is 1. The number of rotatable bonds is 2. The monoisotopic (exact) mass is 168 g/mol. The SMILES string of the molecule is COc1cc(C)n(CN)c(=O)c1. The Morgan fingerprint density at radius 2 is 2.25 bits per heavy atom. The Morgan fingerprint density at radius 1 is 1.58 bits per heavy atom. The molecule has 1 aromatic rings. The van der Waals surface area contributed by atoms with Crippen molar-refractivity contribution in [3.63, 3.8) is 0 Å². The summed E-state index contributed by atoms with van der Waals surface area (Å²) in [5.41, 5.74) is 6.04. The summed E-state index contributed by atoms with van der Waals surface area (Å²) in [6.45, 7) is 2.02. The van der Waals surface area contributed by atoms with Crippen LogP contribution < -0.4 is 16.0 Å². The van der Waals surface area contributed by atoms with Crippen molar-refractivity contribution in [1.29, 1.82) is 0 Å². The second-order valence-corrected chi connectivity index (χ2v) is 2.49. The van der Waals surface area contributed by atoms with Gasteiger partial charge >= 0.3 is 0 Å². The van der Waals surface area contributed by atoms with Gasteiger partial charge in [0.1, 0.15) is 5.75 Å². The number of hydrogen-bond donors (Lipinski definition) is 1. The Morgan fingerprint density at radius 3 is 2.67 bits per heavy atom. The molecule has 0 saturated carbocycles. The molecule has 1 heterocycles. The van der Waals surface area contributed by atoms with Crippen LogP contribution in [0.4, 0.5) is 0 Å². The van der Waals surface area contributed by atoms with Crippen molar-refractivity contribution in [3.05, 3.63) is 28.2 Å². The molecule has 1 aromatic heterocycles. The van der Waals surface area contributed by atoms with Gasteiger partial charge in [-0.1, -0.05) is 0 Å². The summed E-state index contributed by atoms with van der Waals surface area (Å²) in [5.74, 6) is 0.571. The van der Waals surface area contributed by atoms with Gasteiger partial charge in [-0.15, -0.1) is 0 Å². The van der Waals surface area contributed by atoms with Crippen molar-refractivity contribution < 1.29 is 4.74 Å². The van der Waals surface area contributed by atoms with Gasteiger partial charge in [-0.25, -0.2) is 0 Å². The van der Waals surface area contributed by atoms with E-state index in [0.29, 0.717) is 5.75 Å². The minimum absolute atomic E-state index is 0.130. The predicted octanol–water partition coefficient (Wildman–Crippen LogP) is 0.0815. The molecule has 2 N–H and O–H groups in total. The first-order valence-corrected chi connectivity index (χ1v) is 3.64. The van der Waals surface area contributed by atoms with E-state index in [-0.39, 0.29) is 12.2 Å². The minimum atomic E-state index is -0.130. The normalized spacial score (nSPS) is 9.92. The Kier molecular flexibility index (Phi) is 2.50. The van der Waals surface area contributed by atoms with E-state index in [1.807, 2.05) is 6.92 Å². The fourth-order valence-corrected chi connectivity index (χ4v) is 1.05. The highest BCUT2D eigenvalue weighted by Gasteiger charge is 2.00. The summed E-state index contributed by atoms with van der Waals surface area (Å²) in [6, 6.07) is 3.19. The summed E-state index contributed by atoms with van der Waals surface area (Å²) in [5, 5.41) is 0. The van der Waals surface area contributed by atoms with Gasteiger partial charge in [0.2, 0.25) is 0 Å². The minimum Gasteiger partial charge on any atom is -0.496 e. The van der Waals surface area contributed by atoms with E-state index in [2.05, 4.69) is 0 Å². The lowest BCUT2D eigenvalue weighted by Crippen LogP contribution is -2.25. The topological polar surface area (TPSA) is 57.2 Å². The zero-order valence-corrected chi connectivity index (χ0v) is 7.20. The molecule has 0 aliphatic rings. The van der Waals surface area contributed by atoms with Crippen LogP contribution in [0, 0.1) is 6.92 Å². The van der Waals surface area contributed by atoms with Gasteiger partial charge in [0, 0.05) is 11.8 Å². The smallest absolute Gasteiger partial charge is 0.255 e. The second kappa shape index (κ2) is 3.40. The number of ether oxygens (including phenoxy) is 1. The van der Waals surface area contributed by atoms with Crippen LogP contribution in [0.15, 0.2) is 16.9 Å². The van der Waals surface area contributed by atoms with Crippen LogP contribution in [0.3, 0.4) is 0 Å². The summed E-state index contributed by atoms with van der Waals surface area (Å²) >= 11 is 0. The molecule has 0 spiro atoms. The fourth-order valence-electron chi connectivity index (χ4n) is 1.05. The summed E-state index contributed by atoms with van der Waals surface area (Å²) in [6.07, 6.45) is 0. The molecule has 0 aromatic carbocycles. The van der Waals surface area contributed by atoms with Crippen LogP contribution in [-0.2, 0) is 6.67 Å². The molecule has 0 unspecified atom stereocenters. The zero-order chi connectivity index (χ0) is 9.14. The molecule has 0 amide bonds. The molecular weight excluding hydrogens is 156 g/mol. The van der Waals surface area contributed by atoms with Crippen molar-refractivity contribution in [2.75, 3.05) is 7.11 Å². The Hall–Kier alpha value is -1.29. The van der Waals surface area contributed by atoms with E-state index < -0.39 is 0 Å².